The van der Waals surface area contributed by atoms with Gasteiger partial charge in [-0.05, 0) is 73.2 Å². The third-order valence-corrected chi connectivity index (χ3v) is 7.73. The predicted octanol–water partition coefficient (Wildman–Crippen LogP) is 6.31. The molecule has 0 aliphatic carbocycles. The van der Waals surface area contributed by atoms with Crippen LogP contribution in [-0.2, 0) is 11.2 Å². The second-order valence-corrected chi connectivity index (χ2v) is 10.9. The largest absolute Gasteiger partial charge is 0.497 e. The minimum absolute atomic E-state index is 0.0856. The maximum Gasteiger partial charge on any atom is 0.314 e. The number of nitrogens with one attached hydrogen (secondary N) is 5. The van der Waals surface area contributed by atoms with Gasteiger partial charge in [-0.25, -0.2) is 9.78 Å². The number of methoxy groups -OCH3 is 1. The first-order chi connectivity index (χ1) is 20.9. The standard InChI is InChI=1S/C34H40N6O3/c1-4-16-35-34(42)36-17-8-7-11-30(33-37-21-31(40-33)25-13-12-23-9-5-6-10-24(23)18-25)39-32(41)20-27-22(2)38-29-15-14-26(43-3)19-28(27)29/h5-6,9-10,12-15,18-19,21,30,38H,4,7-8,11,16-17,20H2,1-3H3,(H,37,40)(H,39,41)(H2,35,36,42)/t30-/m0/s1. The van der Waals surface area contributed by atoms with Crippen molar-refractivity contribution in [1.82, 2.24) is 30.9 Å². The van der Waals surface area contributed by atoms with Crippen LogP contribution in [0.2, 0.25) is 0 Å². The number of ether oxygens (including phenoxy) is 1. The van der Waals surface area contributed by atoms with Crippen LogP contribution in [0.4, 0.5) is 4.79 Å². The van der Waals surface area contributed by atoms with Crippen molar-refractivity contribution in [3.63, 3.8) is 0 Å². The van der Waals surface area contributed by atoms with E-state index in [1.165, 1.54) is 5.39 Å². The second kappa shape index (κ2) is 13.9. The number of aryl methyl sites for hydroxylation is 1. The number of H-pyrrole nitrogens is 2. The van der Waals surface area contributed by atoms with Crippen LogP contribution >= 0.6 is 0 Å². The number of carbonyl (C=O) groups is 2. The molecule has 0 unspecified atom stereocenters. The maximum atomic E-state index is 13.5. The van der Waals surface area contributed by atoms with E-state index in [0.717, 1.165) is 63.8 Å². The van der Waals surface area contributed by atoms with Crippen molar-refractivity contribution in [2.24, 2.45) is 0 Å². The first kappa shape index (κ1) is 29.7. The van der Waals surface area contributed by atoms with Crippen LogP contribution in [0.3, 0.4) is 0 Å². The molecule has 9 heteroatoms. The van der Waals surface area contributed by atoms with Gasteiger partial charge in [-0.15, -0.1) is 0 Å². The summed E-state index contributed by atoms with van der Waals surface area (Å²) in [6, 6.07) is 20.0. The van der Waals surface area contributed by atoms with E-state index in [-0.39, 0.29) is 24.4 Å². The molecule has 3 aromatic carbocycles. The Balaban J connectivity index is 1.31. The molecular formula is C34H40N6O3. The van der Waals surface area contributed by atoms with Crippen molar-refractivity contribution >= 4 is 33.6 Å². The molecule has 5 rings (SSSR count). The number of unbranched alkanes of at least 4 members (excludes halogenated alkanes) is 1. The summed E-state index contributed by atoms with van der Waals surface area (Å²) in [6.07, 6.45) is 5.21. The molecule has 5 aromatic rings. The Bertz CT molecular complexity index is 1710. The van der Waals surface area contributed by atoms with E-state index < -0.39 is 0 Å². The first-order valence-electron chi connectivity index (χ1n) is 15.0. The summed E-state index contributed by atoms with van der Waals surface area (Å²) in [5, 5.41) is 12.3. The molecule has 2 heterocycles. The van der Waals surface area contributed by atoms with E-state index >= 15 is 0 Å². The average Bonchev–Trinajstić information content (AvgIpc) is 3.63. The van der Waals surface area contributed by atoms with Crippen LogP contribution in [0.15, 0.2) is 66.9 Å². The van der Waals surface area contributed by atoms with E-state index in [1.807, 2.05) is 50.4 Å². The highest BCUT2D eigenvalue weighted by Crippen LogP contribution is 2.28. The van der Waals surface area contributed by atoms with Crippen LogP contribution < -0.4 is 20.7 Å². The normalized spacial score (nSPS) is 11.9. The third kappa shape index (κ3) is 7.35. The summed E-state index contributed by atoms with van der Waals surface area (Å²) in [6.45, 7) is 5.22. The van der Waals surface area contributed by atoms with E-state index in [1.54, 1.807) is 7.11 Å². The molecule has 0 bridgehead atoms. The van der Waals surface area contributed by atoms with Gasteiger partial charge < -0.3 is 30.7 Å². The zero-order chi connectivity index (χ0) is 30.2. The van der Waals surface area contributed by atoms with Gasteiger partial charge in [0.1, 0.15) is 11.6 Å². The summed E-state index contributed by atoms with van der Waals surface area (Å²) in [5.74, 6) is 1.37. The SMILES string of the molecule is CCCNC(=O)NCCCC[C@H](NC(=O)Cc1c(C)[nH]c2ccc(OC)cc12)c1ncc(-c2ccc3ccccc3c2)[nH]1. The van der Waals surface area contributed by atoms with Crippen LogP contribution in [0, 0.1) is 6.92 Å². The van der Waals surface area contributed by atoms with Crippen LogP contribution in [0.25, 0.3) is 32.9 Å². The molecule has 0 fully saturated rings. The van der Waals surface area contributed by atoms with Crippen LogP contribution in [-0.4, -0.2) is 47.1 Å². The number of amides is 3. The lowest BCUT2D eigenvalue weighted by Crippen LogP contribution is -2.36. The molecule has 0 saturated carbocycles. The van der Waals surface area contributed by atoms with Gasteiger partial charge in [0.15, 0.2) is 0 Å². The average molecular weight is 581 g/mol. The van der Waals surface area contributed by atoms with E-state index in [2.05, 4.69) is 56.3 Å². The highest BCUT2D eigenvalue weighted by atomic mass is 16.5. The van der Waals surface area contributed by atoms with E-state index in [9.17, 15) is 9.59 Å². The Morgan fingerprint density at radius 3 is 2.58 bits per heavy atom. The van der Waals surface area contributed by atoms with Gasteiger partial charge in [-0.2, -0.15) is 0 Å². The van der Waals surface area contributed by atoms with Crippen LogP contribution in [0.5, 0.6) is 5.75 Å². The molecule has 5 N–H and O–H groups in total. The Hall–Kier alpha value is -4.79. The zero-order valence-corrected chi connectivity index (χ0v) is 25.0. The number of rotatable bonds is 13. The molecule has 0 spiro atoms. The van der Waals surface area contributed by atoms with Gasteiger partial charge in [-0.3, -0.25) is 4.79 Å². The van der Waals surface area contributed by atoms with Gasteiger partial charge in [0, 0.05) is 35.2 Å². The van der Waals surface area contributed by atoms with E-state index in [4.69, 9.17) is 9.72 Å². The molecular weight excluding hydrogens is 540 g/mol. The van der Waals surface area contributed by atoms with E-state index in [0.29, 0.717) is 25.3 Å². The maximum absolute atomic E-state index is 13.5. The van der Waals surface area contributed by atoms with Crippen molar-refractivity contribution in [3.8, 4) is 17.0 Å². The lowest BCUT2D eigenvalue weighted by atomic mass is 10.0. The lowest BCUT2D eigenvalue weighted by Gasteiger charge is -2.17. The highest BCUT2D eigenvalue weighted by Gasteiger charge is 2.20. The summed E-state index contributed by atoms with van der Waals surface area (Å²) in [4.78, 5) is 36.9. The van der Waals surface area contributed by atoms with Gasteiger partial charge in [0.25, 0.3) is 0 Å². The number of aromatic nitrogens is 3. The van der Waals surface area contributed by atoms with Gasteiger partial charge in [0.05, 0.1) is 31.5 Å². The molecule has 3 amide bonds. The molecule has 9 nitrogen and oxygen atoms in total. The highest BCUT2D eigenvalue weighted by molar-refractivity contribution is 5.91. The number of nitrogens with zero attached hydrogens (tertiary/aromatic N) is 1. The monoisotopic (exact) mass is 580 g/mol. The predicted molar refractivity (Wildman–Crippen MR) is 171 cm³/mol. The number of hydrogen-bond acceptors (Lipinski definition) is 4. The van der Waals surface area contributed by atoms with Crippen molar-refractivity contribution < 1.29 is 14.3 Å². The Labute approximate surface area is 251 Å². The number of hydrogen-bond donors (Lipinski definition) is 5. The smallest absolute Gasteiger partial charge is 0.314 e. The number of carbonyl (C=O) groups excluding carboxylic acids is 2. The fraction of sp³-hybridized carbons (Fsp3) is 0.324. The molecule has 43 heavy (non-hydrogen) atoms. The number of benzene rings is 3. The first-order valence-corrected chi connectivity index (χ1v) is 15.0. The fourth-order valence-corrected chi connectivity index (χ4v) is 5.39. The molecule has 0 saturated heterocycles. The molecule has 1 atom stereocenters. The number of aromatic amines is 2. The minimum atomic E-state index is -0.310. The molecule has 2 aromatic heterocycles. The van der Waals surface area contributed by atoms with Crippen molar-refractivity contribution in [2.45, 2.75) is 52.0 Å². The van der Waals surface area contributed by atoms with Crippen molar-refractivity contribution in [1.29, 1.82) is 0 Å². The van der Waals surface area contributed by atoms with Gasteiger partial charge in [-0.1, -0.05) is 43.3 Å². The van der Waals surface area contributed by atoms with Crippen molar-refractivity contribution in [3.05, 3.63) is 83.9 Å². The number of imidazole rings is 1. The fourth-order valence-electron chi connectivity index (χ4n) is 5.39. The minimum Gasteiger partial charge on any atom is -0.497 e. The molecule has 0 aliphatic heterocycles. The summed E-state index contributed by atoms with van der Waals surface area (Å²) in [7, 11) is 1.64. The topological polar surface area (TPSA) is 124 Å². The number of urea groups is 1. The molecule has 224 valence electrons. The Kier molecular flexibility index (Phi) is 9.61. The summed E-state index contributed by atoms with van der Waals surface area (Å²) >= 11 is 0. The Morgan fingerprint density at radius 1 is 0.953 bits per heavy atom. The van der Waals surface area contributed by atoms with Gasteiger partial charge >= 0.3 is 6.03 Å². The quantitative estimate of drug-likeness (QED) is 0.105. The zero-order valence-electron chi connectivity index (χ0n) is 25.0. The van der Waals surface area contributed by atoms with Crippen molar-refractivity contribution in [2.75, 3.05) is 20.2 Å². The summed E-state index contributed by atoms with van der Waals surface area (Å²) in [5.41, 5.74) is 4.81. The second-order valence-electron chi connectivity index (χ2n) is 10.9. The van der Waals surface area contributed by atoms with Gasteiger partial charge in [0.2, 0.25) is 5.91 Å². The Morgan fingerprint density at radius 2 is 1.77 bits per heavy atom. The molecule has 0 radical (unpaired) electrons. The molecule has 0 aliphatic rings. The third-order valence-electron chi connectivity index (χ3n) is 7.73. The summed E-state index contributed by atoms with van der Waals surface area (Å²) < 4.78 is 5.42. The lowest BCUT2D eigenvalue weighted by molar-refractivity contribution is -0.121. The number of fused-ring (bicyclic) bond motifs is 2. The van der Waals surface area contributed by atoms with Crippen LogP contribution in [0.1, 0.15) is 55.7 Å².